The molecule has 1 aliphatic rings. The number of anilines is 1. The van der Waals surface area contributed by atoms with Crippen LogP contribution in [-0.2, 0) is 5.54 Å². The Morgan fingerprint density at radius 3 is 2.38 bits per heavy atom. The van der Waals surface area contributed by atoms with Gasteiger partial charge in [-0.3, -0.25) is 4.99 Å². The van der Waals surface area contributed by atoms with E-state index in [1.54, 1.807) is 24.3 Å². The summed E-state index contributed by atoms with van der Waals surface area (Å²) in [6.45, 7) is 2.52. The molecule has 0 saturated carbocycles. The average molecular weight is 285 g/mol. The van der Waals surface area contributed by atoms with E-state index in [-0.39, 0.29) is 11.6 Å². The normalized spacial score (nSPS) is 21.4. The lowest BCUT2D eigenvalue weighted by atomic mass is 9.90. The minimum absolute atomic E-state index is 0.211. The number of halogens is 1. The first-order chi connectivity index (χ1) is 10.0. The molecule has 0 radical (unpaired) electrons. The van der Waals surface area contributed by atoms with Crippen molar-refractivity contribution in [1.29, 1.82) is 0 Å². The number of nitrogens with two attached hydrogens (primary N) is 1. The van der Waals surface area contributed by atoms with Crippen LogP contribution in [0.15, 0.2) is 53.5 Å². The Morgan fingerprint density at radius 1 is 1.14 bits per heavy atom. The predicted molar refractivity (Wildman–Crippen MR) is 80.8 cm³/mol. The van der Waals surface area contributed by atoms with Gasteiger partial charge in [-0.2, -0.15) is 0 Å². The van der Waals surface area contributed by atoms with Gasteiger partial charge in [0.25, 0.3) is 0 Å². The van der Waals surface area contributed by atoms with Crippen LogP contribution in [0.4, 0.5) is 10.1 Å². The molecule has 0 saturated heterocycles. The second-order valence-electron chi connectivity index (χ2n) is 5.31. The Hall–Kier alpha value is -2.56. The summed E-state index contributed by atoms with van der Waals surface area (Å²) in [5.41, 5.74) is 7.33. The summed E-state index contributed by atoms with van der Waals surface area (Å²) in [6.07, 6.45) is 0. The van der Waals surface area contributed by atoms with E-state index in [4.69, 9.17) is 5.73 Å². The van der Waals surface area contributed by atoms with Gasteiger partial charge in [0.15, 0.2) is 5.96 Å². The van der Waals surface area contributed by atoms with Gasteiger partial charge in [0.2, 0.25) is 0 Å². The van der Waals surface area contributed by atoms with Crippen molar-refractivity contribution in [2.45, 2.75) is 12.5 Å². The topological polar surface area (TPSA) is 61.9 Å². The van der Waals surface area contributed by atoms with Gasteiger partial charge >= 0.3 is 0 Å². The second-order valence-corrected chi connectivity index (χ2v) is 5.31. The molecule has 0 amide bonds. The zero-order valence-electron chi connectivity index (χ0n) is 11.6. The van der Waals surface area contributed by atoms with Crippen molar-refractivity contribution in [2.24, 2.45) is 10.7 Å². The van der Waals surface area contributed by atoms with E-state index < -0.39 is 5.54 Å². The van der Waals surface area contributed by atoms with E-state index in [0.717, 1.165) is 11.3 Å². The fourth-order valence-corrected chi connectivity index (χ4v) is 2.68. The summed E-state index contributed by atoms with van der Waals surface area (Å²) >= 11 is 0. The van der Waals surface area contributed by atoms with Crippen molar-refractivity contribution in [3.63, 3.8) is 0 Å². The molecule has 3 rings (SSSR count). The Labute approximate surface area is 122 Å². The standard InChI is InChI=1S/C16H16FN3O/c1-16(11-2-8-14(21)9-3-11)10-19-15(18)20(16)13-6-4-12(17)5-7-13/h2-9,21H,10H2,1H3,(H2,18,19). The third-order valence-corrected chi connectivity index (χ3v) is 3.85. The largest absolute Gasteiger partial charge is 0.508 e. The highest BCUT2D eigenvalue weighted by Crippen LogP contribution is 2.37. The van der Waals surface area contributed by atoms with Crippen molar-refractivity contribution < 1.29 is 9.50 Å². The van der Waals surface area contributed by atoms with Crippen LogP contribution in [0.1, 0.15) is 12.5 Å². The fourth-order valence-electron chi connectivity index (χ4n) is 2.68. The molecule has 2 aromatic rings. The molecule has 0 fully saturated rings. The molecule has 21 heavy (non-hydrogen) atoms. The average Bonchev–Trinajstić information content (AvgIpc) is 2.78. The first kappa shape index (κ1) is 13.4. The maximum absolute atomic E-state index is 13.1. The summed E-state index contributed by atoms with van der Waals surface area (Å²) in [5, 5.41) is 9.44. The monoisotopic (exact) mass is 285 g/mol. The van der Waals surface area contributed by atoms with Crippen LogP contribution in [0.3, 0.4) is 0 Å². The molecule has 1 atom stereocenters. The molecule has 1 aliphatic heterocycles. The number of aromatic hydroxyl groups is 1. The number of phenols is 1. The molecule has 1 heterocycles. The van der Waals surface area contributed by atoms with E-state index in [9.17, 15) is 9.50 Å². The highest BCUT2D eigenvalue weighted by atomic mass is 19.1. The molecule has 0 aliphatic carbocycles. The summed E-state index contributed by atoms with van der Waals surface area (Å²) in [5.74, 6) is 0.319. The number of guanidine groups is 1. The van der Waals surface area contributed by atoms with Crippen molar-refractivity contribution in [2.75, 3.05) is 11.4 Å². The SMILES string of the molecule is CC1(c2ccc(O)cc2)CN=C(N)N1c1ccc(F)cc1. The minimum atomic E-state index is -0.463. The lowest BCUT2D eigenvalue weighted by Crippen LogP contribution is -2.47. The Kier molecular flexibility index (Phi) is 3.05. The lowest BCUT2D eigenvalue weighted by molar-refractivity contribution is 0.473. The zero-order valence-corrected chi connectivity index (χ0v) is 11.6. The number of phenolic OH excluding ortho intramolecular Hbond substituents is 1. The smallest absolute Gasteiger partial charge is 0.196 e. The second kappa shape index (κ2) is 4.77. The van der Waals surface area contributed by atoms with Crippen molar-refractivity contribution in [1.82, 2.24) is 0 Å². The van der Waals surface area contributed by atoms with Gasteiger partial charge in [0.1, 0.15) is 11.6 Å². The number of nitrogens with zero attached hydrogens (tertiary/aromatic N) is 2. The third-order valence-electron chi connectivity index (χ3n) is 3.85. The molecule has 2 aromatic carbocycles. The van der Waals surface area contributed by atoms with Crippen LogP contribution >= 0.6 is 0 Å². The molecule has 0 spiro atoms. The van der Waals surface area contributed by atoms with E-state index >= 15 is 0 Å². The Morgan fingerprint density at radius 2 is 1.76 bits per heavy atom. The van der Waals surface area contributed by atoms with Gasteiger partial charge in [-0.25, -0.2) is 4.39 Å². The molecule has 108 valence electrons. The molecule has 4 nitrogen and oxygen atoms in total. The molecule has 5 heteroatoms. The molecule has 0 bridgehead atoms. The van der Waals surface area contributed by atoms with Crippen LogP contribution < -0.4 is 10.6 Å². The molecule has 3 N–H and O–H groups in total. The number of rotatable bonds is 2. The number of aliphatic imine (C=N–C) groups is 1. The van der Waals surface area contributed by atoms with Gasteiger partial charge in [-0.05, 0) is 48.9 Å². The first-order valence-corrected chi connectivity index (χ1v) is 6.66. The predicted octanol–water partition coefficient (Wildman–Crippen LogP) is 2.58. The van der Waals surface area contributed by atoms with Crippen LogP contribution in [0.5, 0.6) is 5.75 Å². The molecule has 1 unspecified atom stereocenters. The Bertz CT molecular complexity index is 682. The quantitative estimate of drug-likeness (QED) is 0.891. The van der Waals surface area contributed by atoms with Crippen molar-refractivity contribution >= 4 is 11.6 Å². The first-order valence-electron chi connectivity index (χ1n) is 6.66. The third kappa shape index (κ3) is 2.20. The lowest BCUT2D eigenvalue weighted by Gasteiger charge is -2.36. The summed E-state index contributed by atoms with van der Waals surface area (Å²) < 4.78 is 13.1. The van der Waals surface area contributed by atoms with Crippen LogP contribution in [0.2, 0.25) is 0 Å². The van der Waals surface area contributed by atoms with Crippen molar-refractivity contribution in [3.05, 3.63) is 59.9 Å². The van der Waals surface area contributed by atoms with Gasteiger partial charge in [-0.1, -0.05) is 12.1 Å². The van der Waals surface area contributed by atoms with E-state index in [0.29, 0.717) is 12.5 Å². The zero-order chi connectivity index (χ0) is 15.0. The van der Waals surface area contributed by atoms with E-state index in [1.165, 1.54) is 12.1 Å². The number of hydrogen-bond acceptors (Lipinski definition) is 4. The summed E-state index contributed by atoms with van der Waals surface area (Å²) in [6, 6.07) is 13.1. The molecular formula is C16H16FN3O. The highest BCUT2D eigenvalue weighted by molar-refractivity contribution is 5.98. The maximum atomic E-state index is 13.1. The highest BCUT2D eigenvalue weighted by Gasteiger charge is 2.40. The maximum Gasteiger partial charge on any atom is 0.196 e. The number of hydrogen-bond donors (Lipinski definition) is 2. The molecular weight excluding hydrogens is 269 g/mol. The van der Waals surface area contributed by atoms with Crippen LogP contribution in [0.25, 0.3) is 0 Å². The number of benzene rings is 2. The van der Waals surface area contributed by atoms with Gasteiger partial charge in [-0.15, -0.1) is 0 Å². The fraction of sp³-hybridized carbons (Fsp3) is 0.188. The summed E-state index contributed by atoms with van der Waals surface area (Å²) in [4.78, 5) is 6.22. The van der Waals surface area contributed by atoms with Gasteiger partial charge in [0, 0.05) is 5.69 Å². The van der Waals surface area contributed by atoms with Crippen molar-refractivity contribution in [3.8, 4) is 5.75 Å². The molecule has 0 aromatic heterocycles. The van der Waals surface area contributed by atoms with Gasteiger partial charge in [0.05, 0.1) is 12.1 Å². The Balaban J connectivity index is 2.05. The summed E-state index contributed by atoms with van der Waals surface area (Å²) in [7, 11) is 0. The van der Waals surface area contributed by atoms with Crippen LogP contribution in [-0.4, -0.2) is 17.6 Å². The van der Waals surface area contributed by atoms with Crippen LogP contribution in [0, 0.1) is 5.82 Å². The minimum Gasteiger partial charge on any atom is -0.508 e. The van der Waals surface area contributed by atoms with Gasteiger partial charge < -0.3 is 15.7 Å². The van der Waals surface area contributed by atoms with E-state index in [2.05, 4.69) is 4.99 Å². The van der Waals surface area contributed by atoms with E-state index in [1.807, 2.05) is 24.0 Å².